The van der Waals surface area contributed by atoms with Crippen LogP contribution in [-0.4, -0.2) is 34.1 Å². The molecule has 7 heteroatoms. The molecule has 2 heterocycles. The Bertz CT molecular complexity index is 778. The minimum absolute atomic E-state index is 0.270. The number of thiazole rings is 1. The highest BCUT2D eigenvalue weighted by Gasteiger charge is 2.14. The van der Waals surface area contributed by atoms with Crippen molar-refractivity contribution in [1.82, 2.24) is 15.0 Å². The molecule has 0 N–H and O–H groups in total. The van der Waals surface area contributed by atoms with E-state index in [2.05, 4.69) is 15.0 Å². The average Bonchev–Trinajstić information content (AvgIpc) is 3.13. The van der Waals surface area contributed by atoms with Gasteiger partial charge in [-0.25, -0.2) is 19.7 Å². The number of nitrogens with zero attached hydrogens (tertiary/aromatic N) is 3. The number of aromatic nitrogens is 3. The Morgan fingerprint density at radius 3 is 2.62 bits per heavy atom. The molecule has 0 bridgehead atoms. The molecule has 1 aromatic carbocycles. The fourth-order valence-corrected chi connectivity index (χ4v) is 2.62. The van der Waals surface area contributed by atoms with Crippen molar-refractivity contribution in [2.45, 2.75) is 6.42 Å². The first kappa shape index (κ1) is 16.1. The lowest BCUT2D eigenvalue weighted by Crippen LogP contribution is -2.09. The van der Waals surface area contributed by atoms with Crippen molar-refractivity contribution in [3.63, 3.8) is 0 Å². The van der Waals surface area contributed by atoms with Gasteiger partial charge in [0.2, 0.25) is 0 Å². The normalized spacial score (nSPS) is 10.3. The van der Waals surface area contributed by atoms with Crippen LogP contribution in [0.3, 0.4) is 0 Å². The van der Waals surface area contributed by atoms with E-state index in [4.69, 9.17) is 9.47 Å². The smallest absolute Gasteiger partial charge is 0.357 e. The lowest BCUT2D eigenvalue weighted by molar-refractivity contribution is 0.0480. The number of rotatable bonds is 7. The molecule has 3 aromatic rings. The van der Waals surface area contributed by atoms with E-state index in [-0.39, 0.29) is 12.3 Å². The van der Waals surface area contributed by atoms with E-state index in [0.29, 0.717) is 23.9 Å². The van der Waals surface area contributed by atoms with Gasteiger partial charge >= 0.3 is 5.97 Å². The number of carbonyl (C=O) groups is 1. The van der Waals surface area contributed by atoms with Crippen LogP contribution in [-0.2, 0) is 4.74 Å². The first-order chi connectivity index (χ1) is 11.8. The zero-order chi connectivity index (χ0) is 16.6. The Balaban J connectivity index is 1.43. The molecule has 24 heavy (non-hydrogen) atoms. The van der Waals surface area contributed by atoms with Crippen molar-refractivity contribution in [2.24, 2.45) is 0 Å². The van der Waals surface area contributed by atoms with Gasteiger partial charge in [-0.2, -0.15) is 0 Å². The van der Waals surface area contributed by atoms with Gasteiger partial charge < -0.3 is 9.47 Å². The molecule has 6 nitrogen and oxygen atoms in total. The molecule has 0 amide bonds. The first-order valence-corrected chi connectivity index (χ1v) is 8.29. The molecule has 0 aliphatic carbocycles. The predicted molar refractivity (Wildman–Crippen MR) is 90.0 cm³/mol. The van der Waals surface area contributed by atoms with E-state index in [1.165, 1.54) is 11.3 Å². The van der Waals surface area contributed by atoms with Crippen molar-refractivity contribution >= 4 is 17.3 Å². The number of hydrogen-bond acceptors (Lipinski definition) is 7. The van der Waals surface area contributed by atoms with Gasteiger partial charge in [-0.1, -0.05) is 18.2 Å². The summed E-state index contributed by atoms with van der Waals surface area (Å²) in [7, 11) is 0. The Morgan fingerprint density at radius 1 is 1.04 bits per heavy atom. The highest BCUT2D eigenvalue weighted by atomic mass is 32.1. The number of ether oxygens (including phenoxy) is 2. The van der Waals surface area contributed by atoms with Crippen LogP contribution in [0.15, 0.2) is 54.2 Å². The number of hydrogen-bond donors (Lipinski definition) is 0. The Kier molecular flexibility index (Phi) is 5.47. The molecule has 0 fully saturated rings. The number of carbonyl (C=O) groups excluding carboxylic acids is 1. The van der Waals surface area contributed by atoms with Crippen molar-refractivity contribution in [2.75, 3.05) is 13.2 Å². The van der Waals surface area contributed by atoms with E-state index in [1.807, 2.05) is 30.3 Å². The molecular weight excluding hydrogens is 326 g/mol. The zero-order valence-corrected chi connectivity index (χ0v) is 13.6. The van der Waals surface area contributed by atoms with Gasteiger partial charge in [0.05, 0.1) is 13.2 Å². The van der Waals surface area contributed by atoms with E-state index in [0.717, 1.165) is 5.75 Å². The van der Waals surface area contributed by atoms with Crippen molar-refractivity contribution < 1.29 is 14.3 Å². The molecule has 122 valence electrons. The summed E-state index contributed by atoms with van der Waals surface area (Å²) in [5.41, 5.74) is 0.270. The minimum Gasteiger partial charge on any atom is -0.493 e. The van der Waals surface area contributed by atoms with Crippen molar-refractivity contribution in [3.05, 3.63) is 59.9 Å². The van der Waals surface area contributed by atoms with E-state index < -0.39 is 5.97 Å². The lowest BCUT2D eigenvalue weighted by atomic mass is 10.3. The van der Waals surface area contributed by atoms with E-state index >= 15 is 0 Å². The summed E-state index contributed by atoms with van der Waals surface area (Å²) in [5.74, 6) is 0.849. The molecule has 0 radical (unpaired) electrons. The number of benzene rings is 1. The molecule has 0 saturated heterocycles. The van der Waals surface area contributed by atoms with Crippen LogP contribution < -0.4 is 4.74 Å². The third-order valence-corrected chi connectivity index (χ3v) is 3.84. The van der Waals surface area contributed by atoms with Crippen LogP contribution in [0.4, 0.5) is 0 Å². The third-order valence-electron chi connectivity index (χ3n) is 3.00. The molecule has 2 aromatic heterocycles. The second-order valence-electron chi connectivity index (χ2n) is 4.76. The first-order valence-electron chi connectivity index (χ1n) is 7.41. The standard InChI is InChI=1S/C17H15N3O3S/c21-17(23-11-5-10-22-13-6-2-1-3-7-13)14-12-24-16(20-14)15-18-8-4-9-19-15/h1-4,6-9,12H,5,10-11H2. The van der Waals surface area contributed by atoms with Gasteiger partial charge in [0.1, 0.15) is 5.75 Å². The summed E-state index contributed by atoms with van der Waals surface area (Å²) in [5, 5.41) is 2.24. The van der Waals surface area contributed by atoms with Crippen LogP contribution in [0, 0.1) is 0 Å². The van der Waals surface area contributed by atoms with Crippen LogP contribution in [0.2, 0.25) is 0 Å². The number of para-hydroxylation sites is 1. The highest BCUT2D eigenvalue weighted by Crippen LogP contribution is 2.20. The molecule has 3 rings (SSSR count). The van der Waals surface area contributed by atoms with Gasteiger partial charge in [-0.3, -0.25) is 0 Å². The maximum Gasteiger partial charge on any atom is 0.357 e. The van der Waals surface area contributed by atoms with Crippen molar-refractivity contribution in [3.8, 4) is 16.6 Å². The number of esters is 1. The summed E-state index contributed by atoms with van der Waals surface area (Å²) in [6.45, 7) is 0.762. The largest absolute Gasteiger partial charge is 0.493 e. The monoisotopic (exact) mass is 341 g/mol. The molecule has 0 aliphatic heterocycles. The van der Waals surface area contributed by atoms with Gasteiger partial charge in [-0.15, -0.1) is 11.3 Å². The molecule has 0 spiro atoms. The summed E-state index contributed by atoms with van der Waals surface area (Å²) in [6.07, 6.45) is 3.88. The molecule has 0 atom stereocenters. The molecule has 0 saturated carbocycles. The fraction of sp³-hybridized carbons (Fsp3) is 0.176. The minimum atomic E-state index is -0.451. The third kappa shape index (κ3) is 4.36. The van der Waals surface area contributed by atoms with Crippen molar-refractivity contribution in [1.29, 1.82) is 0 Å². The fourth-order valence-electron chi connectivity index (χ4n) is 1.88. The Hall–Kier alpha value is -2.80. The SMILES string of the molecule is O=C(OCCCOc1ccccc1)c1csc(-c2ncccn2)n1. The van der Waals surface area contributed by atoms with Gasteiger partial charge in [-0.05, 0) is 18.2 Å². The summed E-state index contributed by atoms with van der Waals surface area (Å²) >= 11 is 1.31. The van der Waals surface area contributed by atoms with Crippen LogP contribution in [0.25, 0.3) is 10.8 Å². The van der Waals surface area contributed by atoms with Gasteiger partial charge in [0.15, 0.2) is 16.5 Å². The lowest BCUT2D eigenvalue weighted by Gasteiger charge is -2.06. The van der Waals surface area contributed by atoms with E-state index in [1.54, 1.807) is 23.8 Å². The maximum absolute atomic E-state index is 12.0. The Labute approximate surface area is 143 Å². The maximum atomic E-state index is 12.0. The Morgan fingerprint density at radius 2 is 1.83 bits per heavy atom. The molecular formula is C17H15N3O3S. The zero-order valence-electron chi connectivity index (χ0n) is 12.8. The quantitative estimate of drug-likeness (QED) is 0.485. The van der Waals surface area contributed by atoms with Gasteiger partial charge in [0, 0.05) is 24.2 Å². The summed E-state index contributed by atoms with van der Waals surface area (Å²) < 4.78 is 10.7. The topological polar surface area (TPSA) is 74.2 Å². The second kappa shape index (κ2) is 8.16. The van der Waals surface area contributed by atoms with E-state index in [9.17, 15) is 4.79 Å². The van der Waals surface area contributed by atoms with Crippen LogP contribution >= 0.6 is 11.3 Å². The highest BCUT2D eigenvalue weighted by molar-refractivity contribution is 7.13. The molecule has 0 aliphatic rings. The molecule has 0 unspecified atom stereocenters. The summed E-state index contributed by atoms with van der Waals surface area (Å²) in [6, 6.07) is 11.2. The summed E-state index contributed by atoms with van der Waals surface area (Å²) in [4.78, 5) is 24.4. The average molecular weight is 341 g/mol. The second-order valence-corrected chi connectivity index (χ2v) is 5.62. The van der Waals surface area contributed by atoms with Gasteiger partial charge in [0.25, 0.3) is 0 Å². The van der Waals surface area contributed by atoms with Crippen LogP contribution in [0.5, 0.6) is 5.75 Å². The predicted octanol–water partition coefficient (Wildman–Crippen LogP) is 3.23. The van der Waals surface area contributed by atoms with Crippen LogP contribution in [0.1, 0.15) is 16.9 Å².